The largest absolute Gasteiger partial charge is 0.395 e. The average Bonchev–Trinajstić information content (AvgIpc) is 3.21. The first-order valence-electron chi connectivity index (χ1n) is 11.0. The second-order valence-electron chi connectivity index (χ2n) is 8.12. The molecule has 2 rings (SSSR count). The summed E-state index contributed by atoms with van der Waals surface area (Å²) >= 11 is 8.60. The Labute approximate surface area is 210 Å². The highest BCUT2D eigenvalue weighted by Gasteiger charge is 2.39. The first-order valence-corrected chi connectivity index (χ1v) is 13.4. The molecule has 1 aromatic rings. The second kappa shape index (κ2) is 14.7. The van der Waals surface area contributed by atoms with Gasteiger partial charge in [0.05, 0.1) is 32.5 Å². The van der Waals surface area contributed by atoms with Crippen molar-refractivity contribution in [1.29, 1.82) is 0 Å². The van der Waals surface area contributed by atoms with Crippen LogP contribution in [0.15, 0.2) is 37.9 Å². The van der Waals surface area contributed by atoms with Crippen LogP contribution >= 0.6 is 43.2 Å². The van der Waals surface area contributed by atoms with Gasteiger partial charge in [0.25, 0.3) is 0 Å². The Hall–Kier alpha value is -0.550. The molecule has 9 heteroatoms. The minimum Gasteiger partial charge on any atom is -0.395 e. The van der Waals surface area contributed by atoms with Crippen LogP contribution < -0.4 is 5.32 Å². The van der Waals surface area contributed by atoms with Gasteiger partial charge in [0.2, 0.25) is 5.91 Å². The third-order valence-corrected chi connectivity index (χ3v) is 8.16. The van der Waals surface area contributed by atoms with Gasteiger partial charge >= 0.3 is 0 Å². The topological polar surface area (TPSA) is 110 Å². The minimum absolute atomic E-state index is 0.0573. The molecule has 1 heterocycles. The summed E-state index contributed by atoms with van der Waals surface area (Å²) in [6.07, 6.45) is 9.97. The number of aliphatic hydroxyl groups excluding tert-OH is 4. The second-order valence-corrected chi connectivity index (χ2v) is 11.9. The molecule has 32 heavy (non-hydrogen) atoms. The van der Waals surface area contributed by atoms with Gasteiger partial charge in [-0.25, -0.2) is 0 Å². The van der Waals surface area contributed by atoms with Crippen molar-refractivity contribution in [1.82, 2.24) is 5.32 Å². The van der Waals surface area contributed by atoms with Crippen LogP contribution in [0.25, 0.3) is 0 Å². The van der Waals surface area contributed by atoms with Gasteiger partial charge in [-0.05, 0) is 81.5 Å². The predicted octanol–water partition coefficient (Wildman–Crippen LogP) is 3.71. The van der Waals surface area contributed by atoms with Crippen molar-refractivity contribution in [2.24, 2.45) is 11.8 Å². The third kappa shape index (κ3) is 9.37. The number of amides is 1. The molecule has 1 aliphatic rings. The van der Waals surface area contributed by atoms with Crippen LogP contribution in [0.1, 0.15) is 44.1 Å². The summed E-state index contributed by atoms with van der Waals surface area (Å²) in [6.45, 7) is 0.224. The molecule has 180 valence electrons. The number of aryl methyl sites for hydroxylation is 1. The Morgan fingerprint density at radius 1 is 1.28 bits per heavy atom. The van der Waals surface area contributed by atoms with Crippen molar-refractivity contribution in [2.45, 2.75) is 63.3 Å². The molecular weight excluding hydrogens is 562 g/mol. The smallest absolute Gasteiger partial charge is 0.220 e. The molecule has 0 aliphatic heterocycles. The molecule has 1 aromatic heterocycles. The van der Waals surface area contributed by atoms with Crippen LogP contribution in [0, 0.1) is 11.8 Å². The van der Waals surface area contributed by atoms with E-state index in [9.17, 15) is 20.1 Å². The highest BCUT2D eigenvalue weighted by atomic mass is 79.9. The fraction of sp³-hybridized carbons (Fsp3) is 0.609. The summed E-state index contributed by atoms with van der Waals surface area (Å²) in [5, 5.41) is 42.4. The Morgan fingerprint density at radius 3 is 2.75 bits per heavy atom. The quantitative estimate of drug-likeness (QED) is 0.177. The van der Waals surface area contributed by atoms with Gasteiger partial charge in [0.1, 0.15) is 0 Å². The number of aliphatic hydroxyl groups is 4. The van der Waals surface area contributed by atoms with Crippen LogP contribution in [0.3, 0.4) is 0 Å². The van der Waals surface area contributed by atoms with E-state index in [0.717, 1.165) is 32.4 Å². The first kappa shape index (κ1) is 27.7. The van der Waals surface area contributed by atoms with Gasteiger partial charge in [-0.2, -0.15) is 0 Å². The Morgan fingerprint density at radius 2 is 2.06 bits per heavy atom. The van der Waals surface area contributed by atoms with Crippen molar-refractivity contribution in [3.8, 4) is 0 Å². The van der Waals surface area contributed by atoms with E-state index >= 15 is 0 Å². The van der Waals surface area contributed by atoms with Gasteiger partial charge in [0.15, 0.2) is 0 Å². The van der Waals surface area contributed by atoms with E-state index in [-0.39, 0.29) is 30.9 Å². The number of thiophene rings is 1. The monoisotopic (exact) mass is 593 g/mol. The summed E-state index contributed by atoms with van der Waals surface area (Å²) in [6, 6.07) is 2.05. The Balaban J connectivity index is 1.78. The molecule has 5 atom stereocenters. The zero-order valence-corrected chi connectivity index (χ0v) is 22.0. The van der Waals surface area contributed by atoms with Crippen molar-refractivity contribution in [3.05, 3.63) is 43.5 Å². The van der Waals surface area contributed by atoms with Crippen molar-refractivity contribution < 1.29 is 25.2 Å². The van der Waals surface area contributed by atoms with E-state index in [2.05, 4.69) is 37.2 Å². The lowest BCUT2D eigenvalue weighted by atomic mass is 9.89. The number of carbonyl (C=O) groups is 1. The maximum atomic E-state index is 11.5. The average molecular weight is 595 g/mol. The van der Waals surface area contributed by atoms with Gasteiger partial charge in [0, 0.05) is 25.3 Å². The predicted molar refractivity (Wildman–Crippen MR) is 135 cm³/mol. The minimum atomic E-state index is -0.621. The summed E-state index contributed by atoms with van der Waals surface area (Å²) in [4.78, 5) is 11.5. The zero-order valence-electron chi connectivity index (χ0n) is 18.0. The molecule has 0 saturated heterocycles. The van der Waals surface area contributed by atoms with Gasteiger partial charge < -0.3 is 25.7 Å². The molecule has 1 aliphatic carbocycles. The molecule has 1 amide bonds. The van der Waals surface area contributed by atoms with Crippen LogP contribution in [-0.4, -0.2) is 57.8 Å². The number of rotatable bonds is 13. The number of nitrogens with one attached hydrogen (secondary N) is 1. The van der Waals surface area contributed by atoms with Gasteiger partial charge in [-0.1, -0.05) is 24.3 Å². The molecule has 0 bridgehead atoms. The lowest BCUT2D eigenvalue weighted by Crippen LogP contribution is -2.25. The molecule has 3 unspecified atom stereocenters. The highest BCUT2D eigenvalue weighted by molar-refractivity contribution is 9.12. The van der Waals surface area contributed by atoms with Crippen molar-refractivity contribution in [2.75, 3.05) is 13.2 Å². The zero-order chi connectivity index (χ0) is 23.5. The van der Waals surface area contributed by atoms with E-state index < -0.39 is 18.3 Å². The van der Waals surface area contributed by atoms with E-state index in [1.165, 1.54) is 0 Å². The lowest BCUT2D eigenvalue weighted by Gasteiger charge is -2.19. The van der Waals surface area contributed by atoms with E-state index in [1.807, 2.05) is 24.3 Å². The fourth-order valence-electron chi connectivity index (χ4n) is 3.94. The van der Waals surface area contributed by atoms with E-state index in [4.69, 9.17) is 5.11 Å². The fourth-order valence-corrected chi connectivity index (χ4v) is 6.86. The molecule has 0 aromatic carbocycles. The molecule has 6 nitrogen and oxygen atoms in total. The number of hydrogen-bond donors (Lipinski definition) is 5. The SMILES string of the molecule is O=C(CCC/C=C\C[C@H]1C(O)CC(O)[C@@H]1/C=C/C(O)CCc1cc(Br)sc1Br)NCCO. The van der Waals surface area contributed by atoms with Crippen LogP contribution in [0.4, 0.5) is 0 Å². The number of carbonyl (C=O) groups excluding carboxylic acids is 1. The first-order chi connectivity index (χ1) is 15.3. The molecule has 1 saturated carbocycles. The van der Waals surface area contributed by atoms with E-state index in [1.54, 1.807) is 17.4 Å². The molecule has 1 fully saturated rings. The Bertz CT molecular complexity index is 770. The van der Waals surface area contributed by atoms with Gasteiger partial charge in [-0.3, -0.25) is 4.79 Å². The van der Waals surface area contributed by atoms with E-state index in [0.29, 0.717) is 25.7 Å². The molecular formula is C23H33Br2NO5S. The summed E-state index contributed by atoms with van der Waals surface area (Å²) in [5.74, 6) is -0.361. The third-order valence-electron chi connectivity index (χ3n) is 5.69. The Kier molecular flexibility index (Phi) is 12.7. The molecule has 0 spiro atoms. The molecule has 0 radical (unpaired) electrons. The standard InChI is InChI=1S/C23H33Br2NO5S/c24-21-13-15(23(25)32-21)7-8-16(28)9-10-18-17(19(29)14-20(18)30)5-3-1-2-4-6-22(31)26-11-12-27/h1,3,9-10,13,16-20,27-30H,2,4-8,11-12,14H2,(H,26,31)/b3-1-,10-9+/t16?,17-,18-,19?,20?/m1/s1. The number of hydrogen-bond acceptors (Lipinski definition) is 6. The summed E-state index contributed by atoms with van der Waals surface area (Å²) in [5.41, 5.74) is 1.15. The summed E-state index contributed by atoms with van der Waals surface area (Å²) < 4.78 is 2.11. The lowest BCUT2D eigenvalue weighted by molar-refractivity contribution is -0.121. The van der Waals surface area contributed by atoms with Crippen LogP contribution in [-0.2, 0) is 11.2 Å². The van der Waals surface area contributed by atoms with Crippen LogP contribution in [0.5, 0.6) is 0 Å². The van der Waals surface area contributed by atoms with Crippen LogP contribution in [0.2, 0.25) is 0 Å². The van der Waals surface area contributed by atoms with Crippen molar-refractivity contribution >= 4 is 49.1 Å². The normalized spacial score (nSPS) is 24.6. The van der Waals surface area contributed by atoms with Gasteiger partial charge in [-0.15, -0.1) is 11.3 Å². The number of unbranched alkanes of at least 4 members (excludes halogenated alkanes) is 1. The number of halogens is 2. The highest BCUT2D eigenvalue weighted by Crippen LogP contribution is 2.36. The maximum absolute atomic E-state index is 11.5. The number of allylic oxidation sites excluding steroid dienone is 2. The van der Waals surface area contributed by atoms with Crippen molar-refractivity contribution in [3.63, 3.8) is 0 Å². The molecule has 5 N–H and O–H groups in total. The summed E-state index contributed by atoms with van der Waals surface area (Å²) in [7, 11) is 0. The maximum Gasteiger partial charge on any atom is 0.220 e.